The molecule has 1 aromatic carbocycles. The van der Waals surface area contributed by atoms with Crippen LogP contribution in [0.4, 0.5) is 5.82 Å². The number of benzene rings is 1. The summed E-state index contributed by atoms with van der Waals surface area (Å²) in [5.41, 5.74) is 2.36. The van der Waals surface area contributed by atoms with Crippen LogP contribution in [-0.4, -0.2) is 34.9 Å². The lowest BCUT2D eigenvalue weighted by Gasteiger charge is -2.06. The number of hydrogen-bond acceptors (Lipinski definition) is 6. The molecule has 9 heteroatoms. The van der Waals surface area contributed by atoms with Gasteiger partial charge in [0.2, 0.25) is 10.0 Å². The van der Waals surface area contributed by atoms with Gasteiger partial charge in [-0.3, -0.25) is 0 Å². The standard InChI is InChI=1S/C13H14N6O2S/c14-22(20,21)10-3-1-9(2-4-10)5-6-15-12-11-13(17-7-16-11)19-8-18-12/h1-4,7-8H,5-6H2,(H2,14,20,21)(H2,15,16,17,18,19). The topological polar surface area (TPSA) is 127 Å². The molecule has 0 amide bonds. The summed E-state index contributed by atoms with van der Waals surface area (Å²) in [5.74, 6) is 0.684. The minimum absolute atomic E-state index is 0.110. The van der Waals surface area contributed by atoms with Crippen LogP contribution >= 0.6 is 0 Å². The van der Waals surface area contributed by atoms with Crippen molar-refractivity contribution in [2.75, 3.05) is 11.9 Å². The molecule has 0 bridgehead atoms. The Hall–Kier alpha value is -2.52. The number of sulfonamides is 1. The third-order valence-corrected chi connectivity index (χ3v) is 4.11. The third-order valence-electron chi connectivity index (χ3n) is 3.18. The summed E-state index contributed by atoms with van der Waals surface area (Å²) < 4.78 is 22.4. The van der Waals surface area contributed by atoms with E-state index in [9.17, 15) is 8.42 Å². The van der Waals surface area contributed by atoms with Crippen molar-refractivity contribution < 1.29 is 8.42 Å². The van der Waals surface area contributed by atoms with Crippen LogP contribution in [0.15, 0.2) is 41.8 Å². The molecule has 22 heavy (non-hydrogen) atoms. The van der Waals surface area contributed by atoms with E-state index in [0.717, 1.165) is 11.1 Å². The second kappa shape index (κ2) is 5.70. The highest BCUT2D eigenvalue weighted by Crippen LogP contribution is 2.14. The molecular weight excluding hydrogens is 304 g/mol. The van der Waals surface area contributed by atoms with Gasteiger partial charge in [-0.15, -0.1) is 0 Å². The molecule has 0 aliphatic heterocycles. The molecule has 0 radical (unpaired) electrons. The fraction of sp³-hybridized carbons (Fsp3) is 0.154. The predicted octanol–water partition coefficient (Wildman–Crippen LogP) is 0.655. The van der Waals surface area contributed by atoms with Crippen LogP contribution in [0.25, 0.3) is 11.2 Å². The molecule has 0 unspecified atom stereocenters. The summed E-state index contributed by atoms with van der Waals surface area (Å²) in [5, 5.41) is 8.26. The Labute approximate surface area is 126 Å². The molecule has 0 saturated heterocycles. The summed E-state index contributed by atoms with van der Waals surface area (Å²) in [6.07, 6.45) is 3.73. The molecule has 0 saturated carbocycles. The molecule has 3 aromatic rings. The van der Waals surface area contributed by atoms with Gasteiger partial charge in [0.1, 0.15) is 11.8 Å². The highest BCUT2D eigenvalue weighted by molar-refractivity contribution is 7.89. The van der Waals surface area contributed by atoms with Crippen LogP contribution in [0.3, 0.4) is 0 Å². The highest BCUT2D eigenvalue weighted by atomic mass is 32.2. The molecule has 0 spiro atoms. The molecule has 0 aliphatic carbocycles. The molecule has 8 nitrogen and oxygen atoms in total. The van der Waals surface area contributed by atoms with Crippen molar-refractivity contribution >= 4 is 27.0 Å². The smallest absolute Gasteiger partial charge is 0.238 e. The molecule has 4 N–H and O–H groups in total. The number of rotatable bonds is 5. The van der Waals surface area contributed by atoms with Gasteiger partial charge in [-0.05, 0) is 24.1 Å². The van der Waals surface area contributed by atoms with Gasteiger partial charge in [0.05, 0.1) is 11.2 Å². The summed E-state index contributed by atoms with van der Waals surface area (Å²) in [6, 6.07) is 6.49. The quantitative estimate of drug-likeness (QED) is 0.634. The fourth-order valence-corrected chi connectivity index (χ4v) is 2.59. The number of fused-ring (bicyclic) bond motifs is 1. The van der Waals surface area contributed by atoms with Gasteiger partial charge in [0.25, 0.3) is 0 Å². The van der Waals surface area contributed by atoms with Crippen molar-refractivity contribution in [3.8, 4) is 0 Å². The second-order valence-corrected chi connectivity index (χ2v) is 6.25. The van der Waals surface area contributed by atoms with E-state index in [1.807, 2.05) is 0 Å². The fourth-order valence-electron chi connectivity index (χ4n) is 2.07. The third kappa shape index (κ3) is 3.05. The first-order chi connectivity index (χ1) is 10.5. The van der Waals surface area contributed by atoms with E-state index >= 15 is 0 Å². The molecule has 0 aliphatic rings. The summed E-state index contributed by atoms with van der Waals surface area (Å²) in [6.45, 7) is 0.639. The summed E-state index contributed by atoms with van der Waals surface area (Å²) in [7, 11) is -3.64. The van der Waals surface area contributed by atoms with Crippen LogP contribution in [0.1, 0.15) is 5.56 Å². The minimum Gasteiger partial charge on any atom is -0.368 e. The zero-order valence-corrected chi connectivity index (χ0v) is 12.3. The number of anilines is 1. The van der Waals surface area contributed by atoms with Crippen LogP contribution in [0.5, 0.6) is 0 Å². The first kappa shape index (κ1) is 14.4. The van der Waals surface area contributed by atoms with Crippen LogP contribution in [0, 0.1) is 0 Å². The van der Waals surface area contributed by atoms with Gasteiger partial charge in [-0.2, -0.15) is 0 Å². The van der Waals surface area contributed by atoms with Crippen LogP contribution in [-0.2, 0) is 16.4 Å². The van der Waals surface area contributed by atoms with Crippen molar-refractivity contribution in [3.63, 3.8) is 0 Å². The maximum atomic E-state index is 11.2. The number of primary sulfonamides is 1. The van der Waals surface area contributed by atoms with Gasteiger partial charge < -0.3 is 10.3 Å². The summed E-state index contributed by atoms with van der Waals surface area (Å²) >= 11 is 0. The van der Waals surface area contributed by atoms with Crippen LogP contribution in [0.2, 0.25) is 0 Å². The van der Waals surface area contributed by atoms with E-state index in [-0.39, 0.29) is 4.90 Å². The first-order valence-electron chi connectivity index (χ1n) is 6.54. The second-order valence-electron chi connectivity index (χ2n) is 4.69. The lowest BCUT2D eigenvalue weighted by atomic mass is 10.1. The van der Waals surface area contributed by atoms with E-state index in [1.54, 1.807) is 18.5 Å². The molecule has 2 aromatic heterocycles. The Bertz CT molecular complexity index is 888. The largest absolute Gasteiger partial charge is 0.368 e. The van der Waals surface area contributed by atoms with Gasteiger partial charge in [-0.25, -0.2) is 28.5 Å². The van der Waals surface area contributed by atoms with Gasteiger partial charge in [-0.1, -0.05) is 12.1 Å². The molecule has 3 rings (SSSR count). The average molecular weight is 318 g/mol. The van der Waals surface area contributed by atoms with Gasteiger partial charge >= 0.3 is 0 Å². The Kier molecular flexibility index (Phi) is 3.73. The number of nitrogens with two attached hydrogens (primary N) is 1. The van der Waals surface area contributed by atoms with E-state index in [0.29, 0.717) is 24.4 Å². The molecule has 2 heterocycles. The number of H-pyrrole nitrogens is 1. The Balaban J connectivity index is 1.65. The predicted molar refractivity (Wildman–Crippen MR) is 81.7 cm³/mol. The van der Waals surface area contributed by atoms with Crippen molar-refractivity contribution in [3.05, 3.63) is 42.5 Å². The Morgan fingerprint density at radius 2 is 1.91 bits per heavy atom. The molecule has 114 valence electrons. The van der Waals surface area contributed by atoms with Crippen molar-refractivity contribution in [2.24, 2.45) is 5.14 Å². The minimum atomic E-state index is -3.64. The number of imidazole rings is 1. The van der Waals surface area contributed by atoms with E-state index < -0.39 is 10.0 Å². The SMILES string of the molecule is NS(=O)(=O)c1ccc(CCNc2ncnc3nc[nH]c23)cc1. The summed E-state index contributed by atoms with van der Waals surface area (Å²) in [4.78, 5) is 15.4. The number of nitrogens with zero attached hydrogens (tertiary/aromatic N) is 3. The van der Waals surface area contributed by atoms with Gasteiger partial charge in [0, 0.05) is 6.54 Å². The maximum absolute atomic E-state index is 11.2. The van der Waals surface area contributed by atoms with Gasteiger partial charge in [0.15, 0.2) is 11.5 Å². The van der Waals surface area contributed by atoms with Crippen molar-refractivity contribution in [2.45, 2.75) is 11.3 Å². The Morgan fingerprint density at radius 1 is 1.14 bits per heavy atom. The van der Waals surface area contributed by atoms with Crippen molar-refractivity contribution in [1.29, 1.82) is 0 Å². The molecule has 0 atom stereocenters. The zero-order valence-electron chi connectivity index (χ0n) is 11.5. The monoisotopic (exact) mass is 318 g/mol. The zero-order chi connectivity index (χ0) is 15.6. The number of hydrogen-bond donors (Lipinski definition) is 3. The van der Waals surface area contributed by atoms with E-state index in [1.165, 1.54) is 18.5 Å². The van der Waals surface area contributed by atoms with E-state index in [2.05, 4.69) is 25.3 Å². The first-order valence-corrected chi connectivity index (χ1v) is 8.08. The number of nitrogens with one attached hydrogen (secondary N) is 2. The highest BCUT2D eigenvalue weighted by Gasteiger charge is 2.07. The molecular formula is C13H14N6O2S. The average Bonchev–Trinajstić information content (AvgIpc) is 2.96. The lowest BCUT2D eigenvalue weighted by molar-refractivity contribution is 0.598. The van der Waals surface area contributed by atoms with Crippen LogP contribution < -0.4 is 10.5 Å². The molecule has 0 fully saturated rings. The number of aromatic nitrogens is 4. The van der Waals surface area contributed by atoms with Crippen molar-refractivity contribution in [1.82, 2.24) is 19.9 Å². The normalized spacial score (nSPS) is 11.7. The Morgan fingerprint density at radius 3 is 2.64 bits per heavy atom. The number of aromatic amines is 1. The lowest BCUT2D eigenvalue weighted by Crippen LogP contribution is -2.12. The van der Waals surface area contributed by atoms with E-state index in [4.69, 9.17) is 5.14 Å². The maximum Gasteiger partial charge on any atom is 0.238 e.